The zero-order valence-corrected chi connectivity index (χ0v) is 15.0. The molecule has 3 rings (SSSR count). The highest BCUT2D eigenvalue weighted by molar-refractivity contribution is 7.15. The molecular weight excluding hydrogens is 360 g/mol. The van der Waals surface area contributed by atoms with E-state index in [2.05, 4.69) is 10.3 Å². The number of nitro benzene ring substituents is 1. The molecule has 2 aromatic heterocycles. The third-order valence-corrected chi connectivity index (χ3v) is 4.91. The molecule has 0 saturated heterocycles. The lowest BCUT2D eigenvalue weighted by atomic mass is 10.2. The lowest BCUT2D eigenvalue weighted by Crippen LogP contribution is -2.17. The number of anilines is 1. The fourth-order valence-electron chi connectivity index (χ4n) is 2.49. The van der Waals surface area contributed by atoms with Gasteiger partial charge in [0.1, 0.15) is 0 Å². The SMILES string of the molecule is Cc1nc(NC(=O)CCCn2c(=O)oc3cc([N+](=O)[O-])ccc32)sc1C. The third kappa shape index (κ3) is 3.64. The predicted molar refractivity (Wildman–Crippen MR) is 96.6 cm³/mol. The van der Waals surface area contributed by atoms with Crippen LogP contribution >= 0.6 is 11.3 Å². The van der Waals surface area contributed by atoms with Gasteiger partial charge in [0.05, 0.1) is 22.2 Å². The van der Waals surface area contributed by atoms with Crippen LogP contribution in [0.1, 0.15) is 23.4 Å². The van der Waals surface area contributed by atoms with Crippen molar-refractivity contribution in [1.29, 1.82) is 0 Å². The van der Waals surface area contributed by atoms with Crippen LogP contribution in [-0.2, 0) is 11.3 Å². The van der Waals surface area contributed by atoms with Crippen molar-refractivity contribution in [3.63, 3.8) is 0 Å². The van der Waals surface area contributed by atoms with Crippen LogP contribution in [0.3, 0.4) is 0 Å². The third-order valence-electron chi connectivity index (χ3n) is 3.92. The molecule has 0 aliphatic carbocycles. The van der Waals surface area contributed by atoms with Crippen molar-refractivity contribution in [3.05, 3.63) is 49.4 Å². The summed E-state index contributed by atoms with van der Waals surface area (Å²) < 4.78 is 6.42. The molecule has 0 radical (unpaired) electrons. The summed E-state index contributed by atoms with van der Waals surface area (Å²) in [6.07, 6.45) is 0.629. The highest BCUT2D eigenvalue weighted by Gasteiger charge is 2.14. The van der Waals surface area contributed by atoms with Gasteiger partial charge >= 0.3 is 5.76 Å². The Bertz CT molecular complexity index is 1030. The maximum absolute atomic E-state index is 12.0. The summed E-state index contributed by atoms with van der Waals surface area (Å²) in [6.45, 7) is 4.08. The minimum absolute atomic E-state index is 0.146. The molecule has 10 heteroatoms. The number of nitrogens with zero attached hydrogens (tertiary/aromatic N) is 3. The Labute approximate surface area is 151 Å². The molecule has 0 bridgehead atoms. The van der Waals surface area contributed by atoms with E-state index in [1.54, 1.807) is 0 Å². The highest BCUT2D eigenvalue weighted by Crippen LogP contribution is 2.22. The first-order valence-corrected chi connectivity index (χ1v) is 8.68. The molecular formula is C16H16N4O5S. The number of aryl methyl sites for hydroxylation is 3. The molecule has 1 N–H and O–H groups in total. The van der Waals surface area contributed by atoms with E-state index in [1.807, 2.05) is 13.8 Å². The van der Waals surface area contributed by atoms with E-state index >= 15 is 0 Å². The summed E-state index contributed by atoms with van der Waals surface area (Å²) in [6, 6.07) is 4.00. The van der Waals surface area contributed by atoms with Crippen molar-refractivity contribution in [2.24, 2.45) is 0 Å². The average Bonchev–Trinajstić information content (AvgIpc) is 3.05. The van der Waals surface area contributed by atoms with Crippen molar-refractivity contribution < 1.29 is 14.1 Å². The number of carbonyl (C=O) groups excluding carboxylic acids is 1. The normalized spacial score (nSPS) is 11.0. The van der Waals surface area contributed by atoms with E-state index in [0.717, 1.165) is 10.6 Å². The van der Waals surface area contributed by atoms with Crippen molar-refractivity contribution in [2.45, 2.75) is 33.2 Å². The Morgan fingerprint density at radius 3 is 2.85 bits per heavy atom. The minimum Gasteiger partial charge on any atom is -0.407 e. The van der Waals surface area contributed by atoms with Gasteiger partial charge in [-0.2, -0.15) is 0 Å². The smallest absolute Gasteiger partial charge is 0.407 e. The Morgan fingerprint density at radius 1 is 1.42 bits per heavy atom. The number of rotatable bonds is 6. The van der Waals surface area contributed by atoms with Gasteiger partial charge in [0.2, 0.25) is 5.91 Å². The molecule has 26 heavy (non-hydrogen) atoms. The fraction of sp³-hybridized carbons (Fsp3) is 0.312. The molecule has 136 valence electrons. The zero-order valence-electron chi connectivity index (χ0n) is 14.1. The van der Waals surface area contributed by atoms with Gasteiger partial charge in [-0.3, -0.25) is 19.5 Å². The molecule has 0 saturated carbocycles. The molecule has 2 heterocycles. The maximum Gasteiger partial charge on any atom is 0.419 e. The zero-order chi connectivity index (χ0) is 18.8. The molecule has 0 aliphatic rings. The molecule has 0 unspecified atom stereocenters. The van der Waals surface area contributed by atoms with Crippen LogP contribution in [0.2, 0.25) is 0 Å². The number of nitro groups is 1. The average molecular weight is 376 g/mol. The molecule has 0 aliphatic heterocycles. The number of nitrogens with one attached hydrogen (secondary N) is 1. The van der Waals surface area contributed by atoms with Gasteiger partial charge in [-0.15, -0.1) is 11.3 Å². The van der Waals surface area contributed by atoms with Crippen LogP contribution in [0.4, 0.5) is 10.8 Å². The van der Waals surface area contributed by atoms with E-state index < -0.39 is 10.7 Å². The van der Waals surface area contributed by atoms with E-state index in [9.17, 15) is 19.7 Å². The molecule has 1 aromatic carbocycles. The van der Waals surface area contributed by atoms with Crippen molar-refractivity contribution >= 4 is 39.2 Å². The van der Waals surface area contributed by atoms with Crippen molar-refractivity contribution in [1.82, 2.24) is 9.55 Å². The van der Waals surface area contributed by atoms with Gasteiger partial charge in [-0.05, 0) is 26.3 Å². The van der Waals surface area contributed by atoms with Crippen LogP contribution in [0.25, 0.3) is 11.1 Å². The molecule has 0 atom stereocenters. The number of aromatic nitrogens is 2. The maximum atomic E-state index is 12.0. The molecule has 0 spiro atoms. The number of fused-ring (bicyclic) bond motifs is 1. The lowest BCUT2D eigenvalue weighted by Gasteiger charge is -2.03. The fourth-order valence-corrected chi connectivity index (χ4v) is 3.32. The topological polar surface area (TPSA) is 120 Å². The Balaban J connectivity index is 1.64. The van der Waals surface area contributed by atoms with Crippen LogP contribution in [0.15, 0.2) is 27.4 Å². The van der Waals surface area contributed by atoms with Gasteiger partial charge < -0.3 is 9.73 Å². The summed E-state index contributed by atoms with van der Waals surface area (Å²) in [7, 11) is 0. The Morgan fingerprint density at radius 2 is 2.19 bits per heavy atom. The second-order valence-electron chi connectivity index (χ2n) is 5.74. The summed E-state index contributed by atoms with van der Waals surface area (Å²) in [5.41, 5.74) is 1.36. The number of amides is 1. The van der Waals surface area contributed by atoms with Gasteiger partial charge in [-0.25, -0.2) is 9.78 Å². The molecule has 9 nitrogen and oxygen atoms in total. The second kappa shape index (κ2) is 7.08. The largest absolute Gasteiger partial charge is 0.419 e. The number of oxazole rings is 1. The number of hydrogen-bond donors (Lipinski definition) is 1. The summed E-state index contributed by atoms with van der Waals surface area (Å²) >= 11 is 1.41. The van der Waals surface area contributed by atoms with Gasteiger partial charge in [0.25, 0.3) is 5.69 Å². The van der Waals surface area contributed by atoms with Gasteiger partial charge in [0.15, 0.2) is 10.7 Å². The predicted octanol–water partition coefficient (Wildman–Crippen LogP) is 2.99. The van der Waals surface area contributed by atoms with Crippen LogP contribution in [-0.4, -0.2) is 20.4 Å². The number of thiazole rings is 1. The quantitative estimate of drug-likeness (QED) is 0.521. The Hall–Kier alpha value is -3.01. The number of hydrogen-bond acceptors (Lipinski definition) is 7. The molecule has 0 fully saturated rings. The minimum atomic E-state index is -0.605. The number of non-ortho nitro benzene ring substituents is 1. The van der Waals surface area contributed by atoms with Crippen LogP contribution in [0, 0.1) is 24.0 Å². The monoisotopic (exact) mass is 376 g/mol. The first-order valence-electron chi connectivity index (χ1n) is 7.87. The van der Waals surface area contributed by atoms with E-state index in [-0.39, 0.29) is 30.1 Å². The van der Waals surface area contributed by atoms with Crippen molar-refractivity contribution in [2.75, 3.05) is 5.32 Å². The van der Waals surface area contributed by atoms with E-state index in [4.69, 9.17) is 4.42 Å². The lowest BCUT2D eigenvalue weighted by molar-refractivity contribution is -0.384. The second-order valence-corrected chi connectivity index (χ2v) is 6.94. The summed E-state index contributed by atoms with van der Waals surface area (Å²) in [5, 5.41) is 14.1. The highest BCUT2D eigenvalue weighted by atomic mass is 32.1. The first-order chi connectivity index (χ1) is 12.3. The molecule has 1 amide bonds. The van der Waals surface area contributed by atoms with Gasteiger partial charge in [0, 0.05) is 23.9 Å². The van der Waals surface area contributed by atoms with Gasteiger partial charge in [-0.1, -0.05) is 0 Å². The van der Waals surface area contributed by atoms with E-state index in [0.29, 0.717) is 17.1 Å². The molecule has 3 aromatic rings. The van der Waals surface area contributed by atoms with E-state index in [1.165, 1.54) is 34.1 Å². The van der Waals surface area contributed by atoms with Crippen LogP contribution < -0.4 is 11.1 Å². The number of benzene rings is 1. The summed E-state index contributed by atoms with van der Waals surface area (Å²) in [5.74, 6) is -0.790. The summed E-state index contributed by atoms with van der Waals surface area (Å²) in [4.78, 5) is 39.5. The Kier molecular flexibility index (Phi) is 4.85. The number of carbonyl (C=O) groups is 1. The van der Waals surface area contributed by atoms with Crippen molar-refractivity contribution in [3.8, 4) is 0 Å². The van der Waals surface area contributed by atoms with Crippen LogP contribution in [0.5, 0.6) is 0 Å². The standard InChI is InChI=1S/C16H16N4O5S/c1-9-10(2)26-15(17-9)18-14(21)4-3-7-19-12-6-5-11(20(23)24)8-13(12)25-16(19)22/h5-6,8H,3-4,7H2,1-2H3,(H,17,18,21). The first kappa shape index (κ1) is 17.8.